The maximum atomic E-state index is 10.9. The molecule has 0 aliphatic carbocycles. The van der Waals surface area contributed by atoms with Gasteiger partial charge < -0.3 is 5.11 Å². The lowest BCUT2D eigenvalue weighted by atomic mass is 10.3. The van der Waals surface area contributed by atoms with E-state index in [2.05, 4.69) is 10.1 Å². The van der Waals surface area contributed by atoms with E-state index in [0.717, 1.165) is 12.3 Å². The lowest BCUT2D eigenvalue weighted by Gasteiger charge is -2.02. The van der Waals surface area contributed by atoms with E-state index in [4.69, 9.17) is 5.11 Å². The third kappa shape index (κ3) is 2.51. The first kappa shape index (κ1) is 14.0. The Morgan fingerprint density at radius 1 is 1.24 bits per heavy atom. The van der Waals surface area contributed by atoms with E-state index in [9.17, 15) is 25.0 Å². The van der Waals surface area contributed by atoms with Gasteiger partial charge in [0.1, 0.15) is 6.20 Å². The Labute approximate surface area is 115 Å². The minimum atomic E-state index is -1.62. The van der Waals surface area contributed by atoms with E-state index in [1.165, 1.54) is 6.07 Å². The third-order valence-corrected chi connectivity index (χ3v) is 2.50. The number of nitrogens with zero attached hydrogens (tertiary/aromatic N) is 5. The highest BCUT2D eigenvalue weighted by atomic mass is 16.6. The van der Waals surface area contributed by atoms with Crippen LogP contribution in [-0.2, 0) is 0 Å². The van der Waals surface area contributed by atoms with Crippen LogP contribution in [0.2, 0.25) is 0 Å². The second-order valence-corrected chi connectivity index (χ2v) is 3.92. The second kappa shape index (κ2) is 4.96. The van der Waals surface area contributed by atoms with Crippen molar-refractivity contribution in [3.63, 3.8) is 0 Å². The summed E-state index contributed by atoms with van der Waals surface area (Å²) >= 11 is 0. The van der Waals surface area contributed by atoms with Crippen molar-refractivity contribution in [2.24, 2.45) is 0 Å². The standard InChI is InChI=1S/C10H7N5O6/c1-5-2-3-6(14(18)19)9(11-5)13-4-7(15(20)21)8(12-13)10(16)17/h2-4H,1H3,(H,16,17). The Bertz CT molecular complexity index is 736. The summed E-state index contributed by atoms with van der Waals surface area (Å²) in [7, 11) is 0. The molecule has 11 heteroatoms. The molecule has 2 aromatic heterocycles. The van der Waals surface area contributed by atoms with Gasteiger partial charge in [0, 0.05) is 11.8 Å². The number of hydrogen-bond acceptors (Lipinski definition) is 7. The summed E-state index contributed by atoms with van der Waals surface area (Å²) in [5, 5.41) is 34.1. The molecule has 2 rings (SSSR count). The maximum Gasteiger partial charge on any atom is 0.363 e. The first-order valence-corrected chi connectivity index (χ1v) is 5.41. The summed E-state index contributed by atoms with van der Waals surface area (Å²) < 4.78 is 0.715. The zero-order chi connectivity index (χ0) is 15.7. The fourth-order valence-corrected chi connectivity index (χ4v) is 1.61. The van der Waals surface area contributed by atoms with Crippen molar-refractivity contribution in [3.05, 3.63) is 49.9 Å². The minimum absolute atomic E-state index is 0.296. The van der Waals surface area contributed by atoms with Crippen molar-refractivity contribution >= 4 is 17.3 Å². The van der Waals surface area contributed by atoms with Crippen molar-refractivity contribution in [1.82, 2.24) is 14.8 Å². The van der Waals surface area contributed by atoms with Crippen LogP contribution in [0.4, 0.5) is 11.4 Å². The molecule has 0 spiro atoms. The highest BCUT2D eigenvalue weighted by molar-refractivity contribution is 5.90. The topological polar surface area (TPSA) is 154 Å². The zero-order valence-electron chi connectivity index (χ0n) is 10.5. The second-order valence-electron chi connectivity index (χ2n) is 3.92. The average Bonchev–Trinajstić information content (AvgIpc) is 2.83. The fourth-order valence-electron chi connectivity index (χ4n) is 1.61. The quantitative estimate of drug-likeness (QED) is 0.648. The van der Waals surface area contributed by atoms with Crippen LogP contribution < -0.4 is 0 Å². The van der Waals surface area contributed by atoms with Crippen LogP contribution in [0.25, 0.3) is 5.82 Å². The Morgan fingerprint density at radius 3 is 2.33 bits per heavy atom. The lowest BCUT2D eigenvalue weighted by molar-refractivity contribution is -0.385. The van der Waals surface area contributed by atoms with Crippen LogP contribution in [0.3, 0.4) is 0 Å². The molecule has 0 unspecified atom stereocenters. The summed E-state index contributed by atoms with van der Waals surface area (Å²) in [6.07, 6.45) is 0.776. The van der Waals surface area contributed by atoms with Gasteiger partial charge in [-0.15, -0.1) is 0 Å². The molecule has 11 nitrogen and oxygen atoms in total. The molecule has 0 aliphatic rings. The number of pyridine rings is 1. The molecular formula is C10H7N5O6. The van der Waals surface area contributed by atoms with Gasteiger partial charge in [0.25, 0.3) is 0 Å². The summed E-state index contributed by atoms with van der Waals surface area (Å²) in [5.74, 6) is -1.91. The van der Waals surface area contributed by atoms with E-state index >= 15 is 0 Å². The van der Waals surface area contributed by atoms with Crippen molar-refractivity contribution in [1.29, 1.82) is 0 Å². The van der Waals surface area contributed by atoms with Gasteiger partial charge in [0.05, 0.1) is 9.85 Å². The first-order chi connectivity index (χ1) is 9.81. The molecule has 0 bridgehead atoms. The van der Waals surface area contributed by atoms with Gasteiger partial charge in [-0.3, -0.25) is 20.2 Å². The van der Waals surface area contributed by atoms with Crippen molar-refractivity contribution in [3.8, 4) is 5.82 Å². The van der Waals surface area contributed by atoms with Gasteiger partial charge >= 0.3 is 17.3 Å². The molecular weight excluding hydrogens is 286 g/mol. The van der Waals surface area contributed by atoms with Crippen molar-refractivity contribution in [2.45, 2.75) is 6.92 Å². The van der Waals surface area contributed by atoms with E-state index in [0.29, 0.717) is 10.4 Å². The Hall–Kier alpha value is -3.37. The molecule has 0 aromatic carbocycles. The molecule has 0 amide bonds. The van der Waals surface area contributed by atoms with Gasteiger partial charge in [-0.05, 0) is 13.0 Å². The van der Waals surface area contributed by atoms with Gasteiger partial charge in [-0.25, -0.2) is 14.5 Å². The number of hydrogen-bond donors (Lipinski definition) is 1. The number of aromatic nitrogens is 3. The van der Waals surface area contributed by atoms with E-state index in [-0.39, 0.29) is 5.82 Å². The van der Waals surface area contributed by atoms with E-state index in [1.807, 2.05) is 0 Å². The van der Waals surface area contributed by atoms with E-state index < -0.39 is 32.9 Å². The number of carbonyl (C=O) groups is 1. The van der Waals surface area contributed by atoms with Gasteiger partial charge in [-0.2, -0.15) is 5.10 Å². The normalized spacial score (nSPS) is 10.3. The molecule has 0 saturated heterocycles. The lowest BCUT2D eigenvalue weighted by Crippen LogP contribution is -2.06. The van der Waals surface area contributed by atoms with Crippen LogP contribution in [-0.4, -0.2) is 35.7 Å². The van der Waals surface area contributed by atoms with E-state index in [1.54, 1.807) is 6.92 Å². The summed E-state index contributed by atoms with van der Waals surface area (Å²) in [5.41, 5.74) is -1.64. The number of rotatable bonds is 4. The Morgan fingerprint density at radius 2 is 1.86 bits per heavy atom. The molecule has 2 heterocycles. The van der Waals surface area contributed by atoms with Crippen molar-refractivity contribution in [2.75, 3.05) is 0 Å². The highest BCUT2D eigenvalue weighted by Crippen LogP contribution is 2.24. The van der Waals surface area contributed by atoms with Crippen LogP contribution in [0.15, 0.2) is 18.3 Å². The smallest absolute Gasteiger partial charge is 0.363 e. The number of nitro groups is 2. The average molecular weight is 293 g/mol. The largest absolute Gasteiger partial charge is 0.476 e. The predicted octanol–water partition coefficient (Wildman–Crippen LogP) is 1.09. The van der Waals surface area contributed by atoms with Gasteiger partial charge in [0.15, 0.2) is 0 Å². The molecule has 108 valence electrons. The number of aromatic carboxylic acids is 1. The zero-order valence-corrected chi connectivity index (χ0v) is 10.5. The maximum absolute atomic E-state index is 10.9. The van der Waals surface area contributed by atoms with Crippen LogP contribution in [0.1, 0.15) is 16.2 Å². The van der Waals surface area contributed by atoms with Crippen LogP contribution >= 0.6 is 0 Å². The molecule has 0 atom stereocenters. The molecule has 0 radical (unpaired) electrons. The summed E-state index contributed by atoms with van der Waals surface area (Å²) in [6.45, 7) is 1.56. The first-order valence-electron chi connectivity index (χ1n) is 5.41. The van der Waals surface area contributed by atoms with Crippen LogP contribution in [0, 0.1) is 27.2 Å². The molecule has 1 N–H and O–H groups in total. The molecule has 0 saturated carbocycles. The Kier molecular flexibility index (Phi) is 3.32. The monoisotopic (exact) mass is 293 g/mol. The van der Waals surface area contributed by atoms with Gasteiger partial charge in [0.2, 0.25) is 11.5 Å². The number of aryl methyl sites for hydroxylation is 1. The van der Waals surface area contributed by atoms with Crippen LogP contribution in [0.5, 0.6) is 0 Å². The SMILES string of the molecule is Cc1ccc([N+](=O)[O-])c(-n2cc([N+](=O)[O-])c(C(=O)O)n2)n1. The fraction of sp³-hybridized carbons (Fsp3) is 0.100. The highest BCUT2D eigenvalue weighted by Gasteiger charge is 2.28. The third-order valence-electron chi connectivity index (χ3n) is 2.50. The predicted molar refractivity (Wildman–Crippen MR) is 66.4 cm³/mol. The minimum Gasteiger partial charge on any atom is -0.476 e. The van der Waals surface area contributed by atoms with Crippen molar-refractivity contribution < 1.29 is 19.7 Å². The summed E-state index contributed by atoms with van der Waals surface area (Å²) in [6, 6.07) is 2.54. The van der Waals surface area contributed by atoms with Gasteiger partial charge in [-0.1, -0.05) is 0 Å². The number of carboxylic acid groups (broad SMARTS) is 1. The molecule has 2 aromatic rings. The molecule has 0 fully saturated rings. The Balaban J connectivity index is 2.70. The molecule has 21 heavy (non-hydrogen) atoms. The summed E-state index contributed by atoms with van der Waals surface area (Å²) in [4.78, 5) is 34.9. The number of carboxylic acids is 1. The molecule has 0 aliphatic heterocycles.